The van der Waals surface area contributed by atoms with Crippen molar-refractivity contribution in [1.29, 1.82) is 0 Å². The van der Waals surface area contributed by atoms with Crippen LogP contribution in [0.1, 0.15) is 31.4 Å². The summed E-state index contributed by atoms with van der Waals surface area (Å²) in [6.45, 7) is 1.98. The molecular weight excluding hydrogens is 311 g/mol. The van der Waals surface area contributed by atoms with Gasteiger partial charge in [0.05, 0.1) is 11.3 Å². The van der Waals surface area contributed by atoms with Gasteiger partial charge in [0, 0.05) is 5.71 Å². The summed E-state index contributed by atoms with van der Waals surface area (Å²) in [5.74, 6) is 0.927. The van der Waals surface area contributed by atoms with Crippen LogP contribution in [0.25, 0.3) is 0 Å². The second-order valence-corrected chi connectivity index (χ2v) is 10.3. The lowest BCUT2D eigenvalue weighted by Gasteiger charge is -2.31. The Bertz CT molecular complexity index is 768. The van der Waals surface area contributed by atoms with Crippen molar-refractivity contribution in [2.75, 3.05) is 4.78 Å². The summed E-state index contributed by atoms with van der Waals surface area (Å²) in [6, 6.07) is 14.4. The second kappa shape index (κ2) is 5.36. The van der Waals surface area contributed by atoms with Crippen LogP contribution in [0.4, 0.5) is 5.69 Å². The molecule has 2 aliphatic rings. The fraction of sp³-hybridized carbons (Fsp3) is 0.353. The summed E-state index contributed by atoms with van der Waals surface area (Å²) in [7, 11) is 0. The smallest absolute Gasteiger partial charge is 0.157 e. The van der Waals surface area contributed by atoms with Crippen molar-refractivity contribution in [3.05, 3.63) is 48.2 Å². The molecule has 4 rings (SSSR count). The number of fused-ring (bicyclic) bond motifs is 1. The van der Waals surface area contributed by atoms with Gasteiger partial charge in [-0.15, -0.1) is 0 Å². The number of rotatable bonds is 2. The van der Waals surface area contributed by atoms with Gasteiger partial charge in [0.2, 0.25) is 0 Å². The van der Waals surface area contributed by atoms with E-state index in [4.69, 9.17) is 21.3 Å². The molecule has 2 aromatic rings. The molecule has 1 aromatic carbocycles. The van der Waals surface area contributed by atoms with E-state index in [1.165, 1.54) is 18.6 Å². The maximum Gasteiger partial charge on any atom is 0.157 e. The normalized spacial score (nSPS) is 27.6. The van der Waals surface area contributed by atoms with E-state index in [9.17, 15) is 0 Å². The number of furan rings is 1. The molecule has 1 aliphatic carbocycles. The Labute approximate surface area is 136 Å². The molecule has 22 heavy (non-hydrogen) atoms. The molecule has 0 unspecified atom stereocenters. The third-order valence-corrected chi connectivity index (χ3v) is 9.42. The fourth-order valence-electron chi connectivity index (χ4n) is 3.42. The lowest BCUT2D eigenvalue weighted by Crippen LogP contribution is -2.27. The van der Waals surface area contributed by atoms with E-state index in [0.717, 1.165) is 29.8 Å². The van der Waals surface area contributed by atoms with E-state index >= 15 is 0 Å². The number of aryl methyl sites for hydroxylation is 1. The molecule has 1 saturated carbocycles. The predicted molar refractivity (Wildman–Crippen MR) is 96.0 cm³/mol. The van der Waals surface area contributed by atoms with E-state index < -0.39 is 6.19 Å². The molecule has 3 nitrogen and oxygen atoms in total. The van der Waals surface area contributed by atoms with E-state index in [-0.39, 0.29) is 0 Å². The first kappa shape index (κ1) is 14.2. The van der Waals surface area contributed by atoms with Gasteiger partial charge in [-0.25, -0.2) is 4.78 Å². The standard InChI is InChI=1S/C17H19N2OPS/c1-13-11-12-17(20-13)21(22)16-10-6-5-9-15(16)18-19(21)14-7-3-2-4-8-14/h2-4,7-8,11-12,16H,5-6,9-10H2,1H3/t16-,21-/m0/s1. The number of nitrogens with zero attached hydrogens (tertiary/aromatic N) is 2. The summed E-state index contributed by atoms with van der Waals surface area (Å²) in [5, 5.41) is 4.95. The number of anilines is 1. The van der Waals surface area contributed by atoms with Gasteiger partial charge in [-0.3, -0.25) is 0 Å². The van der Waals surface area contributed by atoms with Crippen LogP contribution in [0.5, 0.6) is 0 Å². The van der Waals surface area contributed by atoms with Crippen molar-refractivity contribution < 1.29 is 4.42 Å². The Hall–Kier alpha value is -1.38. The Morgan fingerprint density at radius 2 is 2.00 bits per heavy atom. The van der Waals surface area contributed by atoms with Crippen LogP contribution in [-0.2, 0) is 11.8 Å². The molecule has 0 bridgehead atoms. The van der Waals surface area contributed by atoms with Crippen LogP contribution in [0.3, 0.4) is 0 Å². The van der Waals surface area contributed by atoms with E-state index in [1.54, 1.807) is 0 Å². The SMILES string of the molecule is Cc1ccc([P@@]2(=S)[C@H]3CCCCC3=NN2c2ccccc2)o1. The van der Waals surface area contributed by atoms with Crippen LogP contribution in [0.2, 0.25) is 0 Å². The van der Waals surface area contributed by atoms with E-state index in [0.29, 0.717) is 5.66 Å². The average Bonchev–Trinajstić information content (AvgIpc) is 3.12. The minimum Gasteiger partial charge on any atom is -0.459 e. The fourth-order valence-corrected chi connectivity index (χ4v) is 7.95. The molecule has 0 spiro atoms. The maximum absolute atomic E-state index is 6.28. The first-order valence-electron chi connectivity index (χ1n) is 7.79. The van der Waals surface area contributed by atoms with Crippen molar-refractivity contribution in [2.24, 2.45) is 5.10 Å². The zero-order valence-electron chi connectivity index (χ0n) is 12.6. The largest absolute Gasteiger partial charge is 0.459 e. The molecule has 0 N–H and O–H groups in total. The predicted octanol–water partition coefficient (Wildman–Crippen LogP) is 4.43. The number of benzene rings is 1. The van der Waals surface area contributed by atoms with Crippen molar-refractivity contribution in [1.82, 2.24) is 0 Å². The van der Waals surface area contributed by atoms with Gasteiger partial charge in [0.25, 0.3) is 0 Å². The molecule has 1 aromatic heterocycles. The summed E-state index contributed by atoms with van der Waals surface area (Å²) < 4.78 is 8.12. The molecule has 1 fully saturated rings. The van der Waals surface area contributed by atoms with E-state index in [2.05, 4.69) is 23.0 Å². The van der Waals surface area contributed by atoms with Crippen molar-refractivity contribution in [3.8, 4) is 0 Å². The minimum absolute atomic E-state index is 0.377. The molecule has 0 amide bonds. The maximum atomic E-state index is 6.28. The number of para-hydroxylation sites is 1. The highest BCUT2D eigenvalue weighted by Crippen LogP contribution is 2.62. The van der Waals surface area contributed by atoms with Crippen LogP contribution in [0, 0.1) is 6.92 Å². The van der Waals surface area contributed by atoms with Crippen LogP contribution < -0.4 is 10.3 Å². The molecule has 2 atom stereocenters. The second-order valence-electron chi connectivity index (χ2n) is 5.99. The molecule has 0 saturated heterocycles. The number of hydrogen-bond donors (Lipinski definition) is 0. The Balaban J connectivity index is 1.87. The van der Waals surface area contributed by atoms with Gasteiger partial charge in [-0.1, -0.05) is 36.4 Å². The van der Waals surface area contributed by atoms with Gasteiger partial charge in [-0.05, 0) is 50.5 Å². The van der Waals surface area contributed by atoms with Crippen molar-refractivity contribution in [2.45, 2.75) is 38.3 Å². The number of hydrogen-bond acceptors (Lipinski definition) is 3. The highest BCUT2D eigenvalue weighted by Gasteiger charge is 2.47. The Kier molecular flexibility index (Phi) is 3.47. The topological polar surface area (TPSA) is 28.7 Å². The molecule has 2 heterocycles. The minimum atomic E-state index is -2.07. The van der Waals surface area contributed by atoms with Gasteiger partial charge in [-0.2, -0.15) is 5.10 Å². The summed E-state index contributed by atoms with van der Waals surface area (Å²) in [6.07, 6.45) is 2.61. The summed E-state index contributed by atoms with van der Waals surface area (Å²) in [4.78, 5) is 0. The van der Waals surface area contributed by atoms with E-state index in [1.807, 2.05) is 31.2 Å². The van der Waals surface area contributed by atoms with Crippen molar-refractivity contribution >= 4 is 34.9 Å². The molecule has 1 aliphatic heterocycles. The Morgan fingerprint density at radius 3 is 2.73 bits per heavy atom. The monoisotopic (exact) mass is 330 g/mol. The zero-order valence-corrected chi connectivity index (χ0v) is 14.3. The lowest BCUT2D eigenvalue weighted by atomic mass is 9.98. The highest BCUT2D eigenvalue weighted by molar-refractivity contribution is 8.19. The van der Waals surface area contributed by atoms with Crippen LogP contribution >= 0.6 is 6.19 Å². The van der Waals surface area contributed by atoms with Gasteiger partial charge in [0.1, 0.15) is 11.9 Å². The lowest BCUT2D eigenvalue weighted by molar-refractivity contribution is 0.564. The first-order chi connectivity index (χ1) is 10.7. The van der Waals surface area contributed by atoms with Gasteiger partial charge >= 0.3 is 0 Å². The Morgan fingerprint density at radius 1 is 1.18 bits per heavy atom. The zero-order chi connectivity index (χ0) is 15.2. The first-order valence-corrected chi connectivity index (χ1v) is 10.6. The summed E-state index contributed by atoms with van der Waals surface area (Å²) >= 11 is 6.28. The van der Waals surface area contributed by atoms with Gasteiger partial charge < -0.3 is 4.42 Å². The number of hydrazone groups is 1. The molecular formula is C17H19N2OPS. The quantitative estimate of drug-likeness (QED) is 0.763. The van der Waals surface area contributed by atoms with Crippen LogP contribution in [0.15, 0.2) is 52.0 Å². The van der Waals surface area contributed by atoms with Gasteiger partial charge in [0.15, 0.2) is 5.50 Å². The molecule has 114 valence electrons. The molecule has 0 radical (unpaired) electrons. The summed E-state index contributed by atoms with van der Waals surface area (Å²) in [5.41, 5.74) is 3.70. The van der Waals surface area contributed by atoms with Crippen molar-refractivity contribution in [3.63, 3.8) is 0 Å². The third kappa shape index (κ3) is 2.09. The third-order valence-electron chi connectivity index (χ3n) is 4.50. The molecule has 5 heteroatoms. The average molecular weight is 330 g/mol. The highest BCUT2D eigenvalue weighted by atomic mass is 32.4. The van der Waals surface area contributed by atoms with Crippen LogP contribution in [-0.4, -0.2) is 11.4 Å².